The number of pyridine rings is 1. The molecular formula is C19H21ClN2O. The van der Waals surface area contributed by atoms with E-state index in [1.165, 1.54) is 16.7 Å². The average molecular weight is 329 g/mol. The van der Waals surface area contributed by atoms with Crippen molar-refractivity contribution in [1.29, 1.82) is 0 Å². The van der Waals surface area contributed by atoms with Gasteiger partial charge in [0.15, 0.2) is 6.20 Å². The van der Waals surface area contributed by atoms with Gasteiger partial charge in [0.2, 0.25) is 5.69 Å². The van der Waals surface area contributed by atoms with Crippen LogP contribution in [-0.2, 0) is 12.8 Å². The van der Waals surface area contributed by atoms with Crippen LogP contribution in [0.1, 0.15) is 41.1 Å². The highest BCUT2D eigenvalue weighted by molar-refractivity contribution is 6.30. The van der Waals surface area contributed by atoms with Gasteiger partial charge in [0.1, 0.15) is 0 Å². The molecule has 2 aromatic rings. The first-order valence-electron chi connectivity index (χ1n) is 8.44. The van der Waals surface area contributed by atoms with Crippen LogP contribution < -0.4 is 10.0 Å². The smallest absolute Gasteiger partial charge is 0.203 e. The lowest BCUT2D eigenvalue weighted by molar-refractivity contribution is -0.616. The maximum absolute atomic E-state index is 12.6. The van der Waals surface area contributed by atoms with E-state index < -0.39 is 0 Å². The number of fused-ring (bicyclic) bond motifs is 2. The van der Waals surface area contributed by atoms with Crippen molar-refractivity contribution in [3.05, 3.63) is 69.1 Å². The number of piperidine rings is 1. The van der Waals surface area contributed by atoms with E-state index in [2.05, 4.69) is 23.5 Å². The van der Waals surface area contributed by atoms with Crippen LogP contribution in [0.2, 0.25) is 5.02 Å². The molecule has 23 heavy (non-hydrogen) atoms. The van der Waals surface area contributed by atoms with Crippen molar-refractivity contribution in [1.82, 2.24) is 5.32 Å². The molecule has 4 rings (SSSR count). The van der Waals surface area contributed by atoms with Gasteiger partial charge in [-0.3, -0.25) is 0 Å². The molecular weight excluding hydrogens is 308 g/mol. The summed E-state index contributed by atoms with van der Waals surface area (Å²) in [7, 11) is 0. The zero-order valence-corrected chi connectivity index (χ0v) is 13.9. The molecule has 0 bridgehead atoms. The van der Waals surface area contributed by atoms with E-state index in [1.807, 2.05) is 12.1 Å². The van der Waals surface area contributed by atoms with Gasteiger partial charge in [0, 0.05) is 16.7 Å². The van der Waals surface area contributed by atoms with Crippen molar-refractivity contribution in [3.63, 3.8) is 0 Å². The minimum Gasteiger partial charge on any atom is -0.618 e. The number of nitrogens with zero attached hydrogens (tertiary/aromatic N) is 1. The molecule has 2 heterocycles. The molecule has 0 radical (unpaired) electrons. The number of aromatic nitrogens is 1. The molecule has 0 spiro atoms. The Bertz CT molecular complexity index is 725. The van der Waals surface area contributed by atoms with Gasteiger partial charge in [-0.25, -0.2) is 0 Å². The van der Waals surface area contributed by atoms with Crippen molar-refractivity contribution < 1.29 is 4.73 Å². The highest BCUT2D eigenvalue weighted by atomic mass is 35.5. The Hall–Kier alpha value is -1.58. The standard InChI is InChI=1S/C19H21ClN2O/c20-16-5-6-17-15(12-16)4-3-14-2-1-11-22(23)19(14)18(17)13-7-9-21-10-8-13/h1-2,5-6,11-13,18,21H,3-4,7-10H2. The van der Waals surface area contributed by atoms with Crippen molar-refractivity contribution in [2.24, 2.45) is 5.92 Å². The number of aryl methyl sites for hydroxylation is 2. The molecule has 1 saturated heterocycles. The molecule has 0 saturated carbocycles. The molecule has 1 aliphatic heterocycles. The second-order valence-electron chi connectivity index (χ2n) is 6.65. The van der Waals surface area contributed by atoms with E-state index in [4.69, 9.17) is 11.6 Å². The Kier molecular flexibility index (Phi) is 4.00. The molecule has 1 aromatic carbocycles. The van der Waals surface area contributed by atoms with Gasteiger partial charge in [-0.1, -0.05) is 17.7 Å². The van der Waals surface area contributed by atoms with Gasteiger partial charge in [-0.05, 0) is 74.0 Å². The zero-order valence-electron chi connectivity index (χ0n) is 13.1. The molecule has 1 N–H and O–H groups in total. The Balaban J connectivity index is 1.90. The average Bonchev–Trinajstić information content (AvgIpc) is 2.73. The molecule has 1 aromatic heterocycles. The van der Waals surface area contributed by atoms with Crippen LogP contribution in [0.15, 0.2) is 36.5 Å². The summed E-state index contributed by atoms with van der Waals surface area (Å²) in [5.41, 5.74) is 4.76. The lowest BCUT2D eigenvalue weighted by Crippen LogP contribution is -2.39. The summed E-state index contributed by atoms with van der Waals surface area (Å²) >= 11 is 6.23. The summed E-state index contributed by atoms with van der Waals surface area (Å²) in [5, 5.41) is 16.8. The number of nitrogens with one attached hydrogen (secondary N) is 1. The molecule has 1 unspecified atom stereocenters. The van der Waals surface area contributed by atoms with E-state index in [1.54, 1.807) is 6.20 Å². The molecule has 0 amide bonds. The van der Waals surface area contributed by atoms with E-state index in [0.29, 0.717) is 5.92 Å². The van der Waals surface area contributed by atoms with Crippen LogP contribution in [0.25, 0.3) is 0 Å². The third-order valence-electron chi connectivity index (χ3n) is 5.34. The lowest BCUT2D eigenvalue weighted by atomic mass is 9.77. The second-order valence-corrected chi connectivity index (χ2v) is 7.09. The summed E-state index contributed by atoms with van der Waals surface area (Å²) in [6, 6.07) is 10.2. The first kappa shape index (κ1) is 15.0. The van der Waals surface area contributed by atoms with Crippen LogP contribution in [0.5, 0.6) is 0 Å². The molecule has 1 fully saturated rings. The molecule has 4 heteroatoms. The van der Waals surface area contributed by atoms with Crippen LogP contribution >= 0.6 is 11.6 Å². The number of hydrogen-bond acceptors (Lipinski definition) is 2. The van der Waals surface area contributed by atoms with Crippen molar-refractivity contribution in [3.8, 4) is 0 Å². The highest BCUT2D eigenvalue weighted by Gasteiger charge is 2.36. The minimum atomic E-state index is 0.181. The predicted molar refractivity (Wildman–Crippen MR) is 91.7 cm³/mol. The normalized spacial score (nSPS) is 21.3. The maximum atomic E-state index is 12.6. The van der Waals surface area contributed by atoms with E-state index >= 15 is 0 Å². The van der Waals surface area contributed by atoms with E-state index in [-0.39, 0.29) is 5.92 Å². The maximum Gasteiger partial charge on any atom is 0.203 e. The third kappa shape index (κ3) is 2.73. The summed E-state index contributed by atoms with van der Waals surface area (Å²) in [6.07, 6.45) is 5.73. The Labute approximate surface area is 141 Å². The third-order valence-corrected chi connectivity index (χ3v) is 5.57. The van der Waals surface area contributed by atoms with Gasteiger partial charge in [0.25, 0.3) is 0 Å². The van der Waals surface area contributed by atoms with Crippen molar-refractivity contribution >= 4 is 11.6 Å². The molecule has 1 atom stereocenters. The van der Waals surface area contributed by atoms with E-state index in [0.717, 1.165) is 54.2 Å². The quantitative estimate of drug-likeness (QED) is 0.645. The fourth-order valence-electron chi connectivity index (χ4n) is 4.26. The van der Waals surface area contributed by atoms with Gasteiger partial charge < -0.3 is 10.5 Å². The number of rotatable bonds is 1. The summed E-state index contributed by atoms with van der Waals surface area (Å²) in [5.74, 6) is 0.691. The number of halogens is 1. The fraction of sp³-hybridized carbons (Fsp3) is 0.421. The number of benzene rings is 1. The first-order valence-corrected chi connectivity index (χ1v) is 8.82. The molecule has 120 valence electrons. The SMILES string of the molecule is [O-][n+]1cccc2c1C(C1CCNCC1)c1ccc(Cl)cc1CC2. The summed E-state index contributed by atoms with van der Waals surface area (Å²) < 4.78 is 1.10. The van der Waals surface area contributed by atoms with Crippen LogP contribution in [0, 0.1) is 11.1 Å². The Morgan fingerprint density at radius 3 is 2.70 bits per heavy atom. The largest absolute Gasteiger partial charge is 0.618 e. The van der Waals surface area contributed by atoms with Crippen LogP contribution in [-0.4, -0.2) is 13.1 Å². The van der Waals surface area contributed by atoms with Gasteiger partial charge in [-0.2, -0.15) is 4.73 Å². The monoisotopic (exact) mass is 328 g/mol. The van der Waals surface area contributed by atoms with Gasteiger partial charge in [0.05, 0.1) is 5.92 Å². The minimum absolute atomic E-state index is 0.181. The Morgan fingerprint density at radius 2 is 1.87 bits per heavy atom. The van der Waals surface area contributed by atoms with Gasteiger partial charge >= 0.3 is 0 Å². The topological polar surface area (TPSA) is 39.0 Å². The van der Waals surface area contributed by atoms with E-state index in [9.17, 15) is 5.21 Å². The van der Waals surface area contributed by atoms with Crippen LogP contribution in [0.3, 0.4) is 0 Å². The van der Waals surface area contributed by atoms with Crippen molar-refractivity contribution in [2.75, 3.05) is 13.1 Å². The van der Waals surface area contributed by atoms with Crippen molar-refractivity contribution in [2.45, 2.75) is 31.6 Å². The molecule has 2 aliphatic rings. The summed E-state index contributed by atoms with van der Waals surface area (Å²) in [6.45, 7) is 2.07. The zero-order chi connectivity index (χ0) is 15.8. The summed E-state index contributed by atoms with van der Waals surface area (Å²) in [4.78, 5) is 0. The highest BCUT2D eigenvalue weighted by Crippen LogP contribution is 2.41. The Morgan fingerprint density at radius 1 is 1.09 bits per heavy atom. The molecule has 3 nitrogen and oxygen atoms in total. The first-order chi connectivity index (χ1) is 11.2. The van der Waals surface area contributed by atoms with Gasteiger partial charge in [-0.15, -0.1) is 0 Å². The fourth-order valence-corrected chi connectivity index (χ4v) is 4.45. The predicted octanol–water partition coefficient (Wildman–Crippen LogP) is 3.20. The molecule has 1 aliphatic carbocycles. The lowest BCUT2D eigenvalue weighted by Gasteiger charge is -2.31. The number of hydrogen-bond donors (Lipinski definition) is 1. The van der Waals surface area contributed by atoms with Crippen LogP contribution in [0.4, 0.5) is 0 Å². The second kappa shape index (κ2) is 6.14.